The monoisotopic (exact) mass is 313 g/mol. The predicted octanol–water partition coefficient (Wildman–Crippen LogP) is 3.07. The predicted molar refractivity (Wildman–Crippen MR) is 76.7 cm³/mol. The van der Waals surface area contributed by atoms with Crippen molar-refractivity contribution in [3.05, 3.63) is 21.7 Å². The van der Waals surface area contributed by atoms with Gasteiger partial charge >= 0.3 is 0 Å². The summed E-state index contributed by atoms with van der Waals surface area (Å²) < 4.78 is 12.0. The Morgan fingerprint density at radius 3 is 2.72 bits per heavy atom. The van der Waals surface area contributed by atoms with E-state index in [2.05, 4.69) is 27.3 Å². The van der Waals surface area contributed by atoms with Crippen LogP contribution in [-0.2, 0) is 6.42 Å². The minimum Gasteiger partial charge on any atom is -0.496 e. The van der Waals surface area contributed by atoms with Gasteiger partial charge in [-0.15, -0.1) is 0 Å². The van der Waals surface area contributed by atoms with Gasteiger partial charge in [0, 0.05) is 17.2 Å². The van der Waals surface area contributed by atoms with E-state index in [0.29, 0.717) is 6.04 Å². The van der Waals surface area contributed by atoms with Crippen molar-refractivity contribution in [1.82, 2.24) is 5.32 Å². The first-order chi connectivity index (χ1) is 8.67. The van der Waals surface area contributed by atoms with Crippen molar-refractivity contribution in [3.63, 3.8) is 0 Å². The fourth-order valence-corrected chi connectivity index (χ4v) is 3.14. The van der Waals surface area contributed by atoms with E-state index < -0.39 is 0 Å². The van der Waals surface area contributed by atoms with E-state index in [0.717, 1.165) is 34.5 Å². The van der Waals surface area contributed by atoms with Gasteiger partial charge in [-0.2, -0.15) is 0 Å². The molecule has 1 heterocycles. The van der Waals surface area contributed by atoms with E-state index in [-0.39, 0.29) is 0 Å². The summed E-state index contributed by atoms with van der Waals surface area (Å²) in [5, 5.41) is 3.52. The number of methoxy groups -OCH3 is 2. The second kappa shape index (κ2) is 5.93. The molecule has 18 heavy (non-hydrogen) atoms. The van der Waals surface area contributed by atoms with Crippen molar-refractivity contribution in [3.8, 4) is 11.5 Å². The van der Waals surface area contributed by atoms with Crippen LogP contribution in [0.2, 0.25) is 0 Å². The quantitative estimate of drug-likeness (QED) is 0.926. The number of benzene rings is 1. The van der Waals surface area contributed by atoms with Crippen molar-refractivity contribution in [2.75, 3.05) is 20.8 Å². The zero-order valence-electron chi connectivity index (χ0n) is 11.2. The minimum absolute atomic E-state index is 0.554. The van der Waals surface area contributed by atoms with Gasteiger partial charge in [0.15, 0.2) is 0 Å². The van der Waals surface area contributed by atoms with Gasteiger partial charge in [0.25, 0.3) is 0 Å². The molecular formula is C14H20BrNO2. The standard InChI is InChI=1S/C14H20BrNO2/c1-9-12(17-2)8-10(14(18-3)13(9)15)7-11-5-4-6-16-11/h8,11,16H,4-7H2,1-3H3. The van der Waals surface area contributed by atoms with Gasteiger partial charge < -0.3 is 14.8 Å². The maximum atomic E-state index is 5.54. The first kappa shape index (κ1) is 13.7. The smallest absolute Gasteiger partial charge is 0.136 e. The lowest BCUT2D eigenvalue weighted by Gasteiger charge is -2.18. The average molecular weight is 314 g/mol. The molecule has 0 bridgehead atoms. The summed E-state index contributed by atoms with van der Waals surface area (Å²) in [6.07, 6.45) is 3.48. The lowest BCUT2D eigenvalue weighted by Crippen LogP contribution is -2.24. The maximum absolute atomic E-state index is 5.54. The zero-order chi connectivity index (χ0) is 13.1. The first-order valence-corrected chi connectivity index (χ1v) is 7.10. The van der Waals surface area contributed by atoms with Gasteiger partial charge in [0.2, 0.25) is 0 Å². The Bertz CT molecular complexity index is 428. The van der Waals surface area contributed by atoms with E-state index in [9.17, 15) is 0 Å². The molecule has 1 fully saturated rings. The Morgan fingerprint density at radius 1 is 1.39 bits per heavy atom. The van der Waals surface area contributed by atoms with Crippen LogP contribution in [0.5, 0.6) is 11.5 Å². The molecule has 1 saturated heterocycles. The van der Waals surface area contributed by atoms with E-state index in [4.69, 9.17) is 9.47 Å². The molecule has 1 aliphatic rings. The molecule has 1 aromatic rings. The molecular weight excluding hydrogens is 294 g/mol. The van der Waals surface area contributed by atoms with Gasteiger partial charge in [-0.25, -0.2) is 0 Å². The Kier molecular flexibility index (Phi) is 4.51. The number of ether oxygens (including phenoxy) is 2. The van der Waals surface area contributed by atoms with E-state index in [1.54, 1.807) is 14.2 Å². The molecule has 0 amide bonds. The van der Waals surface area contributed by atoms with Gasteiger partial charge in [0.05, 0.1) is 18.7 Å². The van der Waals surface area contributed by atoms with Crippen LogP contribution in [0.3, 0.4) is 0 Å². The average Bonchev–Trinajstić information content (AvgIpc) is 2.87. The highest BCUT2D eigenvalue weighted by atomic mass is 79.9. The van der Waals surface area contributed by atoms with Crippen LogP contribution in [0.1, 0.15) is 24.0 Å². The number of nitrogens with one attached hydrogen (secondary N) is 1. The molecule has 0 saturated carbocycles. The third-order valence-corrected chi connectivity index (χ3v) is 4.50. The van der Waals surface area contributed by atoms with Crippen LogP contribution in [0.15, 0.2) is 10.5 Å². The van der Waals surface area contributed by atoms with Crippen LogP contribution >= 0.6 is 15.9 Å². The number of halogens is 1. The van der Waals surface area contributed by atoms with Gasteiger partial charge in [0.1, 0.15) is 11.5 Å². The molecule has 100 valence electrons. The Labute approximate surface area is 117 Å². The van der Waals surface area contributed by atoms with Crippen molar-refractivity contribution in [2.45, 2.75) is 32.2 Å². The van der Waals surface area contributed by atoms with E-state index in [1.807, 2.05) is 6.92 Å². The summed E-state index contributed by atoms with van der Waals surface area (Å²) in [5.41, 5.74) is 2.28. The summed E-state index contributed by atoms with van der Waals surface area (Å²) in [5.74, 6) is 1.85. The van der Waals surface area contributed by atoms with Crippen LogP contribution in [0, 0.1) is 6.92 Å². The fourth-order valence-electron chi connectivity index (χ4n) is 2.53. The van der Waals surface area contributed by atoms with Crippen molar-refractivity contribution in [1.29, 1.82) is 0 Å². The molecule has 3 nitrogen and oxygen atoms in total. The van der Waals surface area contributed by atoms with Crippen molar-refractivity contribution < 1.29 is 9.47 Å². The largest absolute Gasteiger partial charge is 0.496 e. The Morgan fingerprint density at radius 2 is 2.17 bits per heavy atom. The highest BCUT2D eigenvalue weighted by Gasteiger charge is 2.20. The molecule has 4 heteroatoms. The summed E-state index contributed by atoms with van der Waals surface area (Å²) in [4.78, 5) is 0. The lowest BCUT2D eigenvalue weighted by molar-refractivity contribution is 0.391. The highest BCUT2D eigenvalue weighted by molar-refractivity contribution is 9.10. The summed E-state index contributed by atoms with van der Waals surface area (Å²) in [7, 11) is 3.43. The van der Waals surface area contributed by atoms with Crippen molar-refractivity contribution >= 4 is 15.9 Å². The molecule has 2 rings (SSSR count). The molecule has 1 atom stereocenters. The summed E-state index contributed by atoms with van der Waals surface area (Å²) >= 11 is 3.61. The van der Waals surface area contributed by atoms with Gasteiger partial charge in [-0.05, 0) is 54.7 Å². The topological polar surface area (TPSA) is 30.5 Å². The molecule has 0 aromatic heterocycles. The van der Waals surface area contributed by atoms with E-state index >= 15 is 0 Å². The third kappa shape index (κ3) is 2.64. The Balaban J connectivity index is 2.34. The second-order valence-electron chi connectivity index (χ2n) is 4.71. The highest BCUT2D eigenvalue weighted by Crippen LogP contribution is 2.38. The lowest BCUT2D eigenvalue weighted by atomic mass is 10.0. The zero-order valence-corrected chi connectivity index (χ0v) is 12.8. The van der Waals surface area contributed by atoms with Crippen LogP contribution < -0.4 is 14.8 Å². The normalized spacial score (nSPS) is 19.0. The van der Waals surface area contributed by atoms with E-state index in [1.165, 1.54) is 18.4 Å². The van der Waals surface area contributed by atoms with Crippen LogP contribution in [0.4, 0.5) is 0 Å². The Hall–Kier alpha value is -0.740. The van der Waals surface area contributed by atoms with Gasteiger partial charge in [-0.1, -0.05) is 0 Å². The van der Waals surface area contributed by atoms with Gasteiger partial charge in [-0.3, -0.25) is 0 Å². The molecule has 1 aromatic carbocycles. The molecule has 1 aliphatic heterocycles. The molecule has 1 unspecified atom stereocenters. The first-order valence-electron chi connectivity index (χ1n) is 6.30. The SMILES string of the molecule is COc1cc(CC2CCCN2)c(OC)c(Br)c1C. The minimum atomic E-state index is 0.554. The maximum Gasteiger partial charge on any atom is 0.136 e. The number of rotatable bonds is 4. The summed E-state index contributed by atoms with van der Waals surface area (Å²) in [6, 6.07) is 2.65. The number of hydrogen-bond acceptors (Lipinski definition) is 3. The van der Waals surface area contributed by atoms with Crippen molar-refractivity contribution in [2.24, 2.45) is 0 Å². The molecule has 0 spiro atoms. The molecule has 0 radical (unpaired) electrons. The number of hydrogen-bond donors (Lipinski definition) is 1. The second-order valence-corrected chi connectivity index (χ2v) is 5.50. The fraction of sp³-hybridized carbons (Fsp3) is 0.571. The molecule has 1 N–H and O–H groups in total. The molecule has 0 aliphatic carbocycles. The summed E-state index contributed by atoms with van der Waals surface area (Å²) in [6.45, 7) is 3.15. The third-order valence-electron chi connectivity index (χ3n) is 3.55. The van der Waals surface area contributed by atoms with Crippen LogP contribution in [-0.4, -0.2) is 26.8 Å². The van der Waals surface area contributed by atoms with Crippen LogP contribution in [0.25, 0.3) is 0 Å².